The Bertz CT molecular complexity index is 972. The van der Waals surface area contributed by atoms with Crippen molar-refractivity contribution >= 4 is 51.2 Å². The number of carbonyl (C=O) groups is 1. The Labute approximate surface area is 183 Å². The lowest BCUT2D eigenvalue weighted by Gasteiger charge is -2.22. The van der Waals surface area contributed by atoms with E-state index in [1.807, 2.05) is 17.7 Å². The average molecular weight is 445 g/mol. The van der Waals surface area contributed by atoms with E-state index in [1.165, 1.54) is 56.1 Å². The number of thioether (sulfide) groups is 1. The Morgan fingerprint density at radius 2 is 1.97 bits per heavy atom. The SMILES string of the molecule is COC(=O)c1cc(-c2csc(Nc3ccc(C4CCCCC4)cc3)n2)c(SC)s1. The summed E-state index contributed by atoms with van der Waals surface area (Å²) in [7, 11) is 1.41. The second kappa shape index (κ2) is 9.32. The summed E-state index contributed by atoms with van der Waals surface area (Å²) >= 11 is 4.64. The number of carbonyl (C=O) groups excluding carboxylic acids is 1. The van der Waals surface area contributed by atoms with Crippen molar-refractivity contribution in [2.24, 2.45) is 0 Å². The molecule has 0 saturated heterocycles. The highest BCUT2D eigenvalue weighted by atomic mass is 32.2. The molecule has 152 valence electrons. The molecule has 4 nitrogen and oxygen atoms in total. The van der Waals surface area contributed by atoms with Crippen LogP contribution in [0.15, 0.2) is 39.9 Å². The number of rotatable bonds is 6. The van der Waals surface area contributed by atoms with Crippen LogP contribution < -0.4 is 5.32 Å². The van der Waals surface area contributed by atoms with Gasteiger partial charge in [-0.3, -0.25) is 0 Å². The third-order valence-electron chi connectivity index (χ3n) is 5.29. The number of thiophene rings is 1. The zero-order chi connectivity index (χ0) is 20.2. The van der Waals surface area contributed by atoms with E-state index in [2.05, 4.69) is 29.6 Å². The summed E-state index contributed by atoms with van der Waals surface area (Å²) in [5.74, 6) is 0.417. The van der Waals surface area contributed by atoms with Crippen LogP contribution in [0.4, 0.5) is 10.8 Å². The van der Waals surface area contributed by atoms with E-state index in [9.17, 15) is 4.79 Å². The molecule has 1 N–H and O–H groups in total. The minimum absolute atomic E-state index is 0.303. The van der Waals surface area contributed by atoms with Crippen molar-refractivity contribution in [2.45, 2.75) is 42.2 Å². The van der Waals surface area contributed by atoms with Crippen molar-refractivity contribution in [2.75, 3.05) is 18.7 Å². The maximum Gasteiger partial charge on any atom is 0.348 e. The third kappa shape index (κ3) is 4.68. The number of aromatic nitrogens is 1. The fourth-order valence-corrected chi connectivity index (χ4v) is 6.29. The first kappa shape index (κ1) is 20.4. The predicted octanol–water partition coefficient (Wildman–Crippen LogP) is 7.17. The van der Waals surface area contributed by atoms with Crippen LogP contribution >= 0.6 is 34.4 Å². The summed E-state index contributed by atoms with van der Waals surface area (Å²) in [6.45, 7) is 0. The molecule has 3 aromatic rings. The van der Waals surface area contributed by atoms with Gasteiger partial charge in [-0.15, -0.1) is 34.4 Å². The highest BCUT2D eigenvalue weighted by Crippen LogP contribution is 2.39. The lowest BCUT2D eigenvalue weighted by Crippen LogP contribution is -2.04. The topological polar surface area (TPSA) is 51.2 Å². The molecule has 4 rings (SSSR count). The highest BCUT2D eigenvalue weighted by molar-refractivity contribution is 8.00. The van der Waals surface area contributed by atoms with Crippen molar-refractivity contribution < 1.29 is 9.53 Å². The number of ether oxygens (including phenoxy) is 1. The normalized spacial score (nSPS) is 14.7. The molecule has 1 aliphatic rings. The van der Waals surface area contributed by atoms with Crippen LogP contribution in [0.1, 0.15) is 53.3 Å². The summed E-state index contributed by atoms with van der Waals surface area (Å²) in [6, 6.07) is 10.7. The van der Waals surface area contributed by atoms with Gasteiger partial charge >= 0.3 is 5.97 Å². The Morgan fingerprint density at radius 3 is 2.66 bits per heavy atom. The van der Waals surface area contributed by atoms with E-state index in [0.717, 1.165) is 32.2 Å². The molecule has 1 aromatic carbocycles. The first-order valence-electron chi connectivity index (χ1n) is 9.77. The molecule has 0 unspecified atom stereocenters. The Kier molecular flexibility index (Phi) is 6.57. The van der Waals surface area contributed by atoms with E-state index in [4.69, 9.17) is 9.72 Å². The number of nitrogens with zero attached hydrogens (tertiary/aromatic N) is 1. The molecule has 0 amide bonds. The second-order valence-corrected chi connectivity index (χ2v) is 10.1. The van der Waals surface area contributed by atoms with Crippen molar-refractivity contribution in [3.05, 3.63) is 46.2 Å². The highest BCUT2D eigenvalue weighted by Gasteiger charge is 2.18. The molecule has 0 aliphatic heterocycles. The molecule has 2 aromatic heterocycles. The summed E-state index contributed by atoms with van der Waals surface area (Å²) in [4.78, 5) is 17.2. The van der Waals surface area contributed by atoms with E-state index >= 15 is 0 Å². The van der Waals surface area contributed by atoms with Crippen molar-refractivity contribution in [1.29, 1.82) is 0 Å². The van der Waals surface area contributed by atoms with Crippen molar-refractivity contribution in [3.8, 4) is 11.3 Å². The zero-order valence-electron chi connectivity index (χ0n) is 16.6. The molecule has 0 atom stereocenters. The van der Waals surface area contributed by atoms with E-state index in [-0.39, 0.29) is 5.97 Å². The van der Waals surface area contributed by atoms with Gasteiger partial charge in [-0.1, -0.05) is 31.4 Å². The summed E-state index contributed by atoms with van der Waals surface area (Å²) in [5.41, 5.74) is 4.37. The van der Waals surface area contributed by atoms with Crippen LogP contribution in [0.3, 0.4) is 0 Å². The largest absolute Gasteiger partial charge is 0.465 e. The number of benzene rings is 1. The van der Waals surface area contributed by atoms with Crippen LogP contribution in [0, 0.1) is 0 Å². The average Bonchev–Trinajstić information content (AvgIpc) is 3.41. The molecular formula is C22H24N2O2S3. The van der Waals surface area contributed by atoms with Gasteiger partial charge in [0.15, 0.2) is 5.13 Å². The molecule has 0 bridgehead atoms. The standard InChI is InChI=1S/C22H24N2O2S3/c1-26-20(25)19-12-17(21(27-2)29-19)18-13-28-22(24-18)23-16-10-8-15(9-11-16)14-6-4-3-5-7-14/h8-14H,3-7H2,1-2H3,(H,23,24). The van der Waals surface area contributed by atoms with Crippen LogP contribution in [-0.4, -0.2) is 24.3 Å². The zero-order valence-corrected chi connectivity index (χ0v) is 19.0. The number of thiazole rings is 1. The Morgan fingerprint density at radius 1 is 1.21 bits per heavy atom. The van der Waals surface area contributed by atoms with E-state index < -0.39 is 0 Å². The number of nitrogens with one attached hydrogen (secondary N) is 1. The molecule has 0 spiro atoms. The van der Waals surface area contributed by atoms with Gasteiger partial charge in [0.05, 0.1) is 17.0 Å². The van der Waals surface area contributed by atoms with Crippen LogP contribution in [-0.2, 0) is 4.74 Å². The maximum absolute atomic E-state index is 11.9. The number of hydrogen-bond donors (Lipinski definition) is 1. The van der Waals surface area contributed by atoms with E-state index in [1.54, 1.807) is 23.1 Å². The maximum atomic E-state index is 11.9. The van der Waals surface area contributed by atoms with Crippen molar-refractivity contribution in [1.82, 2.24) is 4.98 Å². The quantitative estimate of drug-likeness (QED) is 0.322. The molecule has 7 heteroatoms. The number of esters is 1. The molecule has 2 heterocycles. The van der Waals surface area contributed by atoms with Gasteiger partial charge in [-0.25, -0.2) is 9.78 Å². The van der Waals surface area contributed by atoms with Gasteiger partial charge in [0, 0.05) is 16.6 Å². The summed E-state index contributed by atoms with van der Waals surface area (Å²) < 4.78 is 5.92. The number of methoxy groups -OCH3 is 1. The van der Waals surface area contributed by atoms with Crippen LogP contribution in [0.25, 0.3) is 11.3 Å². The first-order valence-corrected chi connectivity index (χ1v) is 12.7. The Hall–Kier alpha value is -1.83. The van der Waals surface area contributed by atoms with Gasteiger partial charge in [0.1, 0.15) is 4.88 Å². The minimum atomic E-state index is -0.303. The molecule has 1 fully saturated rings. The summed E-state index contributed by atoms with van der Waals surface area (Å²) in [5, 5.41) is 6.29. The molecule has 1 saturated carbocycles. The van der Waals surface area contributed by atoms with Gasteiger partial charge < -0.3 is 10.1 Å². The predicted molar refractivity (Wildman–Crippen MR) is 124 cm³/mol. The molecule has 1 aliphatic carbocycles. The van der Waals surface area contributed by atoms with Gasteiger partial charge in [0.25, 0.3) is 0 Å². The van der Waals surface area contributed by atoms with Crippen LogP contribution in [0.2, 0.25) is 0 Å². The van der Waals surface area contributed by atoms with Gasteiger partial charge in [-0.2, -0.15) is 0 Å². The lowest BCUT2D eigenvalue weighted by atomic mass is 9.84. The second-order valence-electron chi connectivity index (χ2n) is 7.13. The molecule has 29 heavy (non-hydrogen) atoms. The van der Waals surface area contributed by atoms with E-state index in [0.29, 0.717) is 4.88 Å². The number of anilines is 2. The van der Waals surface area contributed by atoms with Gasteiger partial charge in [-0.05, 0) is 48.8 Å². The monoisotopic (exact) mass is 444 g/mol. The fourth-order valence-electron chi connectivity index (χ4n) is 3.76. The lowest BCUT2D eigenvalue weighted by molar-refractivity contribution is 0.0606. The van der Waals surface area contributed by atoms with Gasteiger partial charge in [0.2, 0.25) is 0 Å². The van der Waals surface area contributed by atoms with Crippen molar-refractivity contribution in [3.63, 3.8) is 0 Å². The summed E-state index contributed by atoms with van der Waals surface area (Å²) in [6.07, 6.45) is 8.72. The minimum Gasteiger partial charge on any atom is -0.465 e. The smallest absolute Gasteiger partial charge is 0.348 e. The first-order chi connectivity index (χ1) is 14.2. The Balaban J connectivity index is 1.48. The van der Waals surface area contributed by atoms with Crippen LogP contribution in [0.5, 0.6) is 0 Å². The molecule has 0 radical (unpaired) electrons. The fraction of sp³-hybridized carbons (Fsp3) is 0.364. The molecular weight excluding hydrogens is 420 g/mol. The third-order valence-corrected chi connectivity index (χ3v) is 8.30. The number of hydrogen-bond acceptors (Lipinski definition) is 7.